The van der Waals surface area contributed by atoms with Crippen molar-refractivity contribution in [2.24, 2.45) is 10.9 Å². The number of esters is 1. The van der Waals surface area contributed by atoms with E-state index in [0.717, 1.165) is 16.8 Å². The number of Topliss-reactive ketones (excluding diaryl/α,β-unsaturated/α-hetero) is 1. The van der Waals surface area contributed by atoms with Crippen LogP contribution >= 0.6 is 0 Å². The first kappa shape index (κ1) is 19.2. The van der Waals surface area contributed by atoms with E-state index in [1.54, 1.807) is 19.3 Å². The minimum atomic E-state index is -0.602. The third kappa shape index (κ3) is 3.65. The number of rotatable bonds is 4. The minimum Gasteiger partial charge on any atom is -0.465 e. The van der Waals surface area contributed by atoms with Gasteiger partial charge in [0, 0.05) is 41.7 Å². The fourth-order valence-corrected chi connectivity index (χ4v) is 4.48. The van der Waals surface area contributed by atoms with E-state index in [9.17, 15) is 9.59 Å². The largest absolute Gasteiger partial charge is 0.465 e. The number of nitrogens with zero attached hydrogens (tertiary/aromatic N) is 2. The van der Waals surface area contributed by atoms with Crippen molar-refractivity contribution in [1.29, 1.82) is 0 Å². The molecule has 29 heavy (non-hydrogen) atoms. The Hall–Kier alpha value is -3.08. The van der Waals surface area contributed by atoms with Gasteiger partial charge in [-0.2, -0.15) is 0 Å². The first-order valence-corrected chi connectivity index (χ1v) is 10.0. The Labute approximate surface area is 170 Å². The van der Waals surface area contributed by atoms with Crippen LogP contribution in [0.3, 0.4) is 0 Å². The molecule has 3 atom stereocenters. The molecule has 5 nitrogen and oxygen atoms in total. The van der Waals surface area contributed by atoms with Crippen molar-refractivity contribution in [2.45, 2.75) is 38.5 Å². The van der Waals surface area contributed by atoms with E-state index < -0.39 is 11.8 Å². The number of carbonyl (C=O) groups is 2. The molecule has 0 fully saturated rings. The zero-order valence-corrected chi connectivity index (χ0v) is 16.7. The highest BCUT2D eigenvalue weighted by molar-refractivity contribution is 6.09. The summed E-state index contributed by atoms with van der Waals surface area (Å²) in [5, 5.41) is 0. The molecule has 0 spiro atoms. The van der Waals surface area contributed by atoms with E-state index in [0.29, 0.717) is 24.1 Å². The van der Waals surface area contributed by atoms with Crippen molar-refractivity contribution in [3.63, 3.8) is 0 Å². The molecule has 0 N–H and O–H groups in total. The molecule has 0 radical (unpaired) electrons. The zero-order valence-electron chi connectivity index (χ0n) is 16.7. The first-order chi connectivity index (χ1) is 14.1. The second-order valence-corrected chi connectivity index (χ2v) is 7.55. The molecule has 2 aromatic rings. The lowest BCUT2D eigenvalue weighted by molar-refractivity contribution is -0.146. The highest BCUT2D eigenvalue weighted by Crippen LogP contribution is 2.46. The van der Waals surface area contributed by atoms with E-state index in [-0.39, 0.29) is 24.3 Å². The molecule has 1 aliphatic carbocycles. The fourth-order valence-electron chi connectivity index (χ4n) is 4.48. The maximum atomic E-state index is 13.3. The Morgan fingerprint density at radius 1 is 1.10 bits per heavy atom. The molecule has 1 aromatic heterocycles. The minimum absolute atomic E-state index is 0.0551. The van der Waals surface area contributed by atoms with Gasteiger partial charge in [0.2, 0.25) is 0 Å². The molecule has 3 unspecified atom stereocenters. The SMILES string of the molecule is CCOC(=O)C1C(C)=NC2=C(C(=O)CC(c3ccccc3)C2)C1c1cccnc1. The molecule has 0 amide bonds. The quantitative estimate of drug-likeness (QED) is 0.736. The number of hydrogen-bond acceptors (Lipinski definition) is 5. The lowest BCUT2D eigenvalue weighted by Gasteiger charge is -2.36. The Morgan fingerprint density at radius 2 is 1.86 bits per heavy atom. The molecule has 1 aromatic carbocycles. The van der Waals surface area contributed by atoms with Gasteiger partial charge in [-0.25, -0.2) is 0 Å². The van der Waals surface area contributed by atoms with Crippen LogP contribution in [-0.4, -0.2) is 29.1 Å². The summed E-state index contributed by atoms with van der Waals surface area (Å²) in [5.74, 6) is -1.19. The van der Waals surface area contributed by atoms with Gasteiger partial charge in [-0.05, 0) is 43.4 Å². The number of aromatic nitrogens is 1. The lowest BCUT2D eigenvalue weighted by Crippen LogP contribution is -2.38. The number of aliphatic imine (C=N–C) groups is 1. The monoisotopic (exact) mass is 388 g/mol. The van der Waals surface area contributed by atoms with Gasteiger partial charge in [-0.3, -0.25) is 19.6 Å². The van der Waals surface area contributed by atoms with Gasteiger partial charge in [0.1, 0.15) is 5.92 Å². The number of pyridine rings is 1. The summed E-state index contributed by atoms with van der Waals surface area (Å²) >= 11 is 0. The van der Waals surface area contributed by atoms with Crippen LogP contribution in [0.5, 0.6) is 0 Å². The van der Waals surface area contributed by atoms with Crippen LogP contribution in [0.25, 0.3) is 0 Å². The molecule has 0 saturated carbocycles. The normalized spacial score (nSPS) is 24.0. The maximum absolute atomic E-state index is 13.3. The van der Waals surface area contributed by atoms with Gasteiger partial charge >= 0.3 is 5.97 Å². The lowest BCUT2D eigenvalue weighted by atomic mass is 9.69. The first-order valence-electron chi connectivity index (χ1n) is 10.0. The number of carbonyl (C=O) groups excluding carboxylic acids is 2. The highest BCUT2D eigenvalue weighted by atomic mass is 16.5. The van der Waals surface area contributed by atoms with Crippen LogP contribution in [0.4, 0.5) is 0 Å². The molecule has 148 valence electrons. The van der Waals surface area contributed by atoms with Gasteiger partial charge in [0.15, 0.2) is 5.78 Å². The summed E-state index contributed by atoms with van der Waals surface area (Å²) in [6.45, 7) is 3.93. The zero-order chi connectivity index (χ0) is 20.4. The van der Waals surface area contributed by atoms with E-state index in [1.165, 1.54) is 0 Å². The average Bonchev–Trinajstić information content (AvgIpc) is 2.74. The van der Waals surface area contributed by atoms with Crippen molar-refractivity contribution in [3.05, 3.63) is 77.3 Å². The fraction of sp³-hybridized carbons (Fsp3) is 0.333. The van der Waals surface area contributed by atoms with Crippen LogP contribution in [0.1, 0.15) is 49.7 Å². The Bertz CT molecular complexity index is 980. The van der Waals surface area contributed by atoms with Crippen LogP contribution in [0.2, 0.25) is 0 Å². The smallest absolute Gasteiger partial charge is 0.315 e. The maximum Gasteiger partial charge on any atom is 0.315 e. The molecule has 1 aliphatic heterocycles. The summed E-state index contributed by atoms with van der Waals surface area (Å²) in [6.07, 6.45) is 4.53. The molecular weight excluding hydrogens is 364 g/mol. The summed E-state index contributed by atoms with van der Waals surface area (Å²) < 4.78 is 5.33. The third-order valence-corrected chi connectivity index (χ3v) is 5.74. The second-order valence-electron chi connectivity index (χ2n) is 7.55. The number of allylic oxidation sites excluding steroid dienone is 2. The predicted molar refractivity (Wildman–Crippen MR) is 111 cm³/mol. The van der Waals surface area contributed by atoms with E-state index in [4.69, 9.17) is 9.73 Å². The molecular formula is C24H24N2O3. The van der Waals surface area contributed by atoms with Crippen molar-refractivity contribution in [2.75, 3.05) is 6.61 Å². The molecule has 0 bridgehead atoms. The summed E-state index contributed by atoms with van der Waals surface area (Å²) in [7, 11) is 0. The second kappa shape index (κ2) is 8.11. The average molecular weight is 388 g/mol. The Balaban J connectivity index is 1.79. The summed E-state index contributed by atoms with van der Waals surface area (Å²) in [4.78, 5) is 35.1. The summed E-state index contributed by atoms with van der Waals surface area (Å²) in [5.41, 5.74) is 4.12. The van der Waals surface area contributed by atoms with Crippen LogP contribution in [0.15, 0.2) is 71.1 Å². The van der Waals surface area contributed by atoms with E-state index >= 15 is 0 Å². The Morgan fingerprint density at radius 3 is 2.55 bits per heavy atom. The van der Waals surface area contributed by atoms with Crippen LogP contribution in [0, 0.1) is 5.92 Å². The summed E-state index contributed by atoms with van der Waals surface area (Å²) in [6, 6.07) is 13.8. The van der Waals surface area contributed by atoms with Crippen molar-refractivity contribution in [3.8, 4) is 0 Å². The standard InChI is InChI=1S/C24H24N2O3/c1-3-29-24(28)21-15(2)26-19-12-18(16-8-5-4-6-9-16)13-20(27)23(19)22(21)17-10-7-11-25-14-17/h4-11,14,18,21-22H,3,12-13H2,1-2H3. The van der Waals surface area contributed by atoms with Gasteiger partial charge in [0.05, 0.1) is 6.61 Å². The molecule has 4 rings (SSSR count). The van der Waals surface area contributed by atoms with E-state index in [1.807, 2.05) is 37.3 Å². The van der Waals surface area contributed by atoms with Gasteiger partial charge in [-0.1, -0.05) is 36.4 Å². The third-order valence-electron chi connectivity index (χ3n) is 5.74. The number of ketones is 1. The number of hydrogen-bond donors (Lipinski definition) is 0. The van der Waals surface area contributed by atoms with Gasteiger partial charge in [-0.15, -0.1) is 0 Å². The molecule has 2 heterocycles. The Kier molecular flexibility index (Phi) is 5.38. The molecule has 2 aliphatic rings. The van der Waals surface area contributed by atoms with Crippen LogP contribution < -0.4 is 0 Å². The number of benzene rings is 1. The molecule has 5 heteroatoms. The van der Waals surface area contributed by atoms with Crippen molar-refractivity contribution >= 4 is 17.5 Å². The topological polar surface area (TPSA) is 68.6 Å². The van der Waals surface area contributed by atoms with Gasteiger partial charge < -0.3 is 4.74 Å². The van der Waals surface area contributed by atoms with Crippen LogP contribution in [-0.2, 0) is 14.3 Å². The predicted octanol–water partition coefficient (Wildman–Crippen LogP) is 4.22. The molecule has 0 saturated heterocycles. The number of ether oxygens (including phenoxy) is 1. The van der Waals surface area contributed by atoms with E-state index in [2.05, 4.69) is 17.1 Å². The highest BCUT2D eigenvalue weighted by Gasteiger charge is 2.44. The van der Waals surface area contributed by atoms with Gasteiger partial charge in [0.25, 0.3) is 0 Å². The van der Waals surface area contributed by atoms with Crippen molar-refractivity contribution < 1.29 is 14.3 Å². The van der Waals surface area contributed by atoms with Crippen molar-refractivity contribution in [1.82, 2.24) is 4.98 Å².